The molecule has 20 heavy (non-hydrogen) atoms. The third-order valence-electron chi connectivity index (χ3n) is 3.21. The molecule has 2 rings (SSSR count). The second-order valence-electron chi connectivity index (χ2n) is 4.72. The second kappa shape index (κ2) is 5.65. The molecular weight excluding hydrogens is 250 g/mol. The van der Waals surface area contributed by atoms with E-state index in [1.807, 2.05) is 43.0 Å². The number of nitrogens with zero attached hydrogens (tertiary/aromatic N) is 1. The Bertz CT molecular complexity index is 637. The highest BCUT2D eigenvalue weighted by Gasteiger charge is 2.15. The van der Waals surface area contributed by atoms with Crippen LogP contribution in [0, 0.1) is 6.92 Å². The first-order valence-electron chi connectivity index (χ1n) is 6.56. The molecule has 0 aromatic heterocycles. The monoisotopic (exact) mass is 269 g/mol. The Hall–Kier alpha value is -2.49. The fraction of sp³-hybridized carbons (Fsp3) is 0.188. The second-order valence-corrected chi connectivity index (χ2v) is 4.72. The lowest BCUT2D eigenvalue weighted by Crippen LogP contribution is -2.22. The molecule has 2 aromatic carbocycles. The van der Waals surface area contributed by atoms with Gasteiger partial charge in [0.1, 0.15) is 0 Å². The quantitative estimate of drug-likeness (QED) is 0.838. The molecule has 0 fully saturated rings. The van der Waals surface area contributed by atoms with Crippen molar-refractivity contribution in [1.82, 2.24) is 0 Å². The van der Waals surface area contributed by atoms with Gasteiger partial charge in [0.25, 0.3) is 5.91 Å². The molecule has 2 aromatic rings. The van der Waals surface area contributed by atoms with Gasteiger partial charge in [0.15, 0.2) is 0 Å². The predicted molar refractivity (Wildman–Crippen MR) is 83.2 cm³/mol. The fourth-order valence-electron chi connectivity index (χ4n) is 2.27. The highest BCUT2D eigenvalue weighted by molar-refractivity contribution is 6.00. The molecule has 4 heteroatoms. The van der Waals surface area contributed by atoms with Crippen molar-refractivity contribution in [2.24, 2.45) is 5.73 Å². The molecule has 0 aliphatic heterocycles. The van der Waals surface area contributed by atoms with E-state index in [9.17, 15) is 4.79 Å². The van der Waals surface area contributed by atoms with Crippen molar-refractivity contribution in [3.63, 3.8) is 0 Å². The van der Waals surface area contributed by atoms with Crippen LogP contribution in [0.5, 0.6) is 0 Å². The summed E-state index contributed by atoms with van der Waals surface area (Å²) in [6, 6.07) is 13.4. The molecule has 0 heterocycles. The van der Waals surface area contributed by atoms with Crippen LogP contribution in [0.3, 0.4) is 0 Å². The lowest BCUT2D eigenvalue weighted by atomic mass is 10.1. The van der Waals surface area contributed by atoms with Crippen LogP contribution in [0.4, 0.5) is 17.1 Å². The molecule has 0 spiro atoms. The summed E-state index contributed by atoms with van der Waals surface area (Å²) < 4.78 is 0. The van der Waals surface area contributed by atoms with Crippen LogP contribution in [0.2, 0.25) is 0 Å². The maximum atomic E-state index is 11.6. The van der Waals surface area contributed by atoms with E-state index in [4.69, 9.17) is 11.5 Å². The summed E-state index contributed by atoms with van der Waals surface area (Å²) in [5.41, 5.74) is 15.1. The number of carbonyl (C=O) groups excluding carboxylic acids is 1. The van der Waals surface area contributed by atoms with Gasteiger partial charge in [-0.1, -0.05) is 12.1 Å². The van der Waals surface area contributed by atoms with E-state index >= 15 is 0 Å². The third-order valence-corrected chi connectivity index (χ3v) is 3.21. The lowest BCUT2D eigenvalue weighted by molar-refractivity contribution is 0.100. The smallest absolute Gasteiger partial charge is 0.250 e. The van der Waals surface area contributed by atoms with E-state index in [1.54, 1.807) is 12.1 Å². The van der Waals surface area contributed by atoms with E-state index < -0.39 is 5.91 Å². The molecule has 0 bridgehead atoms. The maximum Gasteiger partial charge on any atom is 0.250 e. The molecule has 0 aliphatic carbocycles. The maximum absolute atomic E-state index is 11.6. The van der Waals surface area contributed by atoms with Crippen LogP contribution in [-0.2, 0) is 0 Å². The minimum Gasteiger partial charge on any atom is -0.399 e. The summed E-state index contributed by atoms with van der Waals surface area (Å²) in [7, 11) is 0. The number of primary amides is 1. The summed E-state index contributed by atoms with van der Waals surface area (Å²) in [6.45, 7) is 4.80. The third kappa shape index (κ3) is 2.74. The molecule has 0 radical (unpaired) electrons. The molecule has 0 aliphatic rings. The number of nitrogens with two attached hydrogens (primary N) is 2. The molecule has 4 nitrogen and oxygen atoms in total. The first-order chi connectivity index (χ1) is 9.52. The number of nitrogen functional groups attached to an aromatic ring is 1. The van der Waals surface area contributed by atoms with Crippen molar-refractivity contribution in [1.29, 1.82) is 0 Å². The first kappa shape index (κ1) is 13.9. The Labute approximate surface area is 119 Å². The molecule has 0 unspecified atom stereocenters. The van der Waals surface area contributed by atoms with Crippen molar-refractivity contribution in [2.75, 3.05) is 17.2 Å². The Morgan fingerprint density at radius 3 is 2.55 bits per heavy atom. The normalized spacial score (nSPS) is 10.3. The standard InChI is InChI=1S/C16H19N3O/c1-3-19(13-6-4-5-11(2)9-13)15-8-7-12(17)10-14(15)16(18)20/h4-10H,3,17H2,1-2H3,(H2,18,20). The average molecular weight is 269 g/mol. The van der Waals surface area contributed by atoms with Crippen LogP contribution in [0.1, 0.15) is 22.8 Å². The Kier molecular flexibility index (Phi) is 3.94. The largest absolute Gasteiger partial charge is 0.399 e. The number of aryl methyl sites for hydroxylation is 1. The van der Waals surface area contributed by atoms with E-state index in [-0.39, 0.29) is 0 Å². The van der Waals surface area contributed by atoms with Crippen molar-refractivity contribution in [3.8, 4) is 0 Å². The van der Waals surface area contributed by atoms with Crippen molar-refractivity contribution < 1.29 is 4.79 Å². The van der Waals surface area contributed by atoms with Gasteiger partial charge in [-0.15, -0.1) is 0 Å². The SMILES string of the molecule is CCN(c1cccc(C)c1)c1ccc(N)cc1C(N)=O. The van der Waals surface area contributed by atoms with Gasteiger partial charge in [0.05, 0.1) is 11.3 Å². The van der Waals surface area contributed by atoms with Crippen LogP contribution < -0.4 is 16.4 Å². The molecule has 0 saturated carbocycles. The average Bonchev–Trinajstić information content (AvgIpc) is 2.41. The number of hydrogen-bond acceptors (Lipinski definition) is 3. The van der Waals surface area contributed by atoms with E-state index in [2.05, 4.69) is 6.07 Å². The summed E-state index contributed by atoms with van der Waals surface area (Å²) in [4.78, 5) is 13.7. The van der Waals surface area contributed by atoms with E-state index in [0.29, 0.717) is 11.3 Å². The zero-order valence-corrected chi connectivity index (χ0v) is 11.8. The van der Waals surface area contributed by atoms with E-state index in [1.165, 1.54) is 0 Å². The number of benzene rings is 2. The van der Waals surface area contributed by atoms with Crippen molar-refractivity contribution >= 4 is 23.0 Å². The van der Waals surface area contributed by atoms with Crippen molar-refractivity contribution in [3.05, 3.63) is 53.6 Å². The fourth-order valence-corrected chi connectivity index (χ4v) is 2.27. The number of carbonyl (C=O) groups is 1. The minimum atomic E-state index is -0.474. The number of anilines is 3. The molecule has 1 amide bonds. The Morgan fingerprint density at radius 1 is 1.20 bits per heavy atom. The van der Waals surface area contributed by atoms with Crippen LogP contribution in [0.25, 0.3) is 0 Å². The zero-order chi connectivity index (χ0) is 14.7. The number of rotatable bonds is 4. The summed E-state index contributed by atoms with van der Waals surface area (Å²) in [5, 5.41) is 0. The van der Waals surface area contributed by atoms with E-state index in [0.717, 1.165) is 23.5 Å². The summed E-state index contributed by atoms with van der Waals surface area (Å²) in [6.07, 6.45) is 0. The Balaban J connectivity index is 2.55. The van der Waals surface area contributed by atoms with Crippen LogP contribution in [0.15, 0.2) is 42.5 Å². The highest BCUT2D eigenvalue weighted by Crippen LogP contribution is 2.30. The van der Waals surface area contributed by atoms with Gasteiger partial charge in [0, 0.05) is 17.9 Å². The molecule has 104 valence electrons. The van der Waals surface area contributed by atoms with Crippen molar-refractivity contribution in [2.45, 2.75) is 13.8 Å². The molecule has 0 atom stereocenters. The van der Waals surface area contributed by atoms with Gasteiger partial charge in [-0.2, -0.15) is 0 Å². The Morgan fingerprint density at radius 2 is 1.95 bits per heavy atom. The topological polar surface area (TPSA) is 72.3 Å². The number of hydrogen-bond donors (Lipinski definition) is 2. The lowest BCUT2D eigenvalue weighted by Gasteiger charge is -2.25. The van der Waals surface area contributed by atoms with Gasteiger partial charge in [-0.3, -0.25) is 4.79 Å². The molecule has 4 N–H and O–H groups in total. The van der Waals surface area contributed by atoms with Gasteiger partial charge < -0.3 is 16.4 Å². The van der Waals surface area contributed by atoms with Gasteiger partial charge >= 0.3 is 0 Å². The predicted octanol–water partition coefficient (Wildman–Crippen LogP) is 2.83. The first-order valence-corrected chi connectivity index (χ1v) is 6.56. The molecular formula is C16H19N3O. The highest BCUT2D eigenvalue weighted by atomic mass is 16.1. The summed E-state index contributed by atoms with van der Waals surface area (Å²) >= 11 is 0. The zero-order valence-electron chi connectivity index (χ0n) is 11.8. The van der Waals surface area contributed by atoms with Gasteiger partial charge in [-0.05, 0) is 49.7 Å². The van der Waals surface area contributed by atoms with Gasteiger partial charge in [-0.25, -0.2) is 0 Å². The van der Waals surface area contributed by atoms with Gasteiger partial charge in [0.2, 0.25) is 0 Å². The number of amides is 1. The summed E-state index contributed by atoms with van der Waals surface area (Å²) in [5.74, 6) is -0.474. The minimum absolute atomic E-state index is 0.438. The molecule has 0 saturated heterocycles. The van der Waals surface area contributed by atoms with Crippen LogP contribution in [-0.4, -0.2) is 12.5 Å². The van der Waals surface area contributed by atoms with Crippen LogP contribution >= 0.6 is 0 Å².